The maximum Gasteiger partial charge on any atom is 0.330 e. The van der Waals surface area contributed by atoms with Gasteiger partial charge in [-0.2, -0.15) is 4.72 Å². The van der Waals surface area contributed by atoms with Gasteiger partial charge in [0.15, 0.2) is 0 Å². The van der Waals surface area contributed by atoms with Crippen LogP contribution in [0.5, 0.6) is 0 Å². The van der Waals surface area contributed by atoms with E-state index >= 15 is 0 Å². The highest BCUT2D eigenvalue weighted by Gasteiger charge is 2.31. The molecule has 1 aromatic heterocycles. The SMILES string of the molecule is CC(O)C(NS(=O)(=O)c1ccc(Cl)c(Cl)c1)C(=O)OCc1cc(=O)n(C)c(=O)n1C. The fourth-order valence-corrected chi connectivity index (χ4v) is 4.02. The van der Waals surface area contributed by atoms with Gasteiger partial charge in [-0.15, -0.1) is 0 Å². The molecule has 2 unspecified atom stereocenters. The summed E-state index contributed by atoms with van der Waals surface area (Å²) in [5, 5.41) is 10.0. The van der Waals surface area contributed by atoms with Gasteiger partial charge in [0, 0.05) is 20.2 Å². The van der Waals surface area contributed by atoms with E-state index in [4.69, 9.17) is 27.9 Å². The Morgan fingerprint density at radius 3 is 2.37 bits per heavy atom. The molecule has 13 heteroatoms. The van der Waals surface area contributed by atoms with Gasteiger partial charge >= 0.3 is 11.7 Å². The number of carbonyl (C=O) groups is 1. The Balaban J connectivity index is 2.22. The molecule has 2 N–H and O–H groups in total. The van der Waals surface area contributed by atoms with Crippen LogP contribution in [0.2, 0.25) is 10.0 Å². The Kier molecular flexibility index (Phi) is 7.48. The topological polar surface area (TPSA) is 137 Å². The molecule has 164 valence electrons. The summed E-state index contributed by atoms with van der Waals surface area (Å²) >= 11 is 11.6. The highest BCUT2D eigenvalue weighted by atomic mass is 35.5. The van der Waals surface area contributed by atoms with Crippen molar-refractivity contribution in [3.63, 3.8) is 0 Å². The Hall–Kier alpha value is -2.18. The Labute approximate surface area is 181 Å². The monoisotopic (exact) mass is 479 g/mol. The zero-order valence-electron chi connectivity index (χ0n) is 16.1. The predicted molar refractivity (Wildman–Crippen MR) is 109 cm³/mol. The number of nitrogens with one attached hydrogen (secondary N) is 1. The molecule has 0 saturated carbocycles. The number of rotatable bonds is 7. The first-order valence-electron chi connectivity index (χ1n) is 8.43. The number of aliphatic hydroxyl groups excluding tert-OH is 1. The zero-order chi connectivity index (χ0) is 22.8. The van der Waals surface area contributed by atoms with Crippen molar-refractivity contribution in [3.8, 4) is 0 Å². The minimum Gasteiger partial charge on any atom is -0.458 e. The van der Waals surface area contributed by atoms with Crippen LogP contribution in [0.4, 0.5) is 0 Å². The predicted octanol–water partition coefficient (Wildman–Crippen LogP) is 0.162. The van der Waals surface area contributed by atoms with Gasteiger partial charge in [0.2, 0.25) is 10.0 Å². The Bertz CT molecular complexity index is 1190. The summed E-state index contributed by atoms with van der Waals surface area (Å²) in [4.78, 5) is 35.8. The zero-order valence-corrected chi connectivity index (χ0v) is 18.5. The lowest BCUT2D eigenvalue weighted by Gasteiger charge is -2.20. The van der Waals surface area contributed by atoms with E-state index in [1.165, 1.54) is 33.2 Å². The molecule has 2 atom stereocenters. The molecule has 0 saturated heterocycles. The van der Waals surface area contributed by atoms with Crippen LogP contribution in [0.1, 0.15) is 12.6 Å². The van der Waals surface area contributed by atoms with Crippen molar-refractivity contribution in [1.29, 1.82) is 0 Å². The van der Waals surface area contributed by atoms with Crippen molar-refractivity contribution in [1.82, 2.24) is 13.9 Å². The number of carbonyl (C=O) groups excluding carboxylic acids is 1. The second-order valence-electron chi connectivity index (χ2n) is 6.40. The van der Waals surface area contributed by atoms with Crippen molar-refractivity contribution in [3.05, 3.63) is 60.8 Å². The number of ether oxygens (including phenoxy) is 1. The maximum absolute atomic E-state index is 12.5. The highest BCUT2D eigenvalue weighted by Crippen LogP contribution is 2.25. The van der Waals surface area contributed by atoms with Gasteiger partial charge < -0.3 is 9.84 Å². The van der Waals surface area contributed by atoms with E-state index in [0.29, 0.717) is 0 Å². The molecule has 0 amide bonds. The fraction of sp³-hybridized carbons (Fsp3) is 0.353. The summed E-state index contributed by atoms with van der Waals surface area (Å²) in [7, 11) is -1.59. The molecule has 0 aliphatic rings. The van der Waals surface area contributed by atoms with Crippen molar-refractivity contribution < 1.29 is 23.1 Å². The molecule has 0 aliphatic carbocycles. The third kappa shape index (κ3) is 5.29. The van der Waals surface area contributed by atoms with Gasteiger partial charge in [-0.25, -0.2) is 13.2 Å². The van der Waals surface area contributed by atoms with Crippen LogP contribution in [-0.4, -0.2) is 40.8 Å². The van der Waals surface area contributed by atoms with Crippen LogP contribution in [0.15, 0.2) is 38.8 Å². The molecule has 1 aromatic carbocycles. The summed E-state index contributed by atoms with van der Waals surface area (Å²) in [6, 6.07) is 2.98. The molecular formula is C17H19Cl2N3O7S. The van der Waals surface area contributed by atoms with Crippen LogP contribution in [-0.2, 0) is 40.3 Å². The number of halogens is 2. The van der Waals surface area contributed by atoms with E-state index in [9.17, 15) is 27.9 Å². The van der Waals surface area contributed by atoms with Crippen molar-refractivity contribution in [2.45, 2.75) is 30.6 Å². The first-order chi connectivity index (χ1) is 13.8. The molecule has 2 rings (SSSR count). The van der Waals surface area contributed by atoms with Crippen LogP contribution >= 0.6 is 23.2 Å². The average Bonchev–Trinajstić information content (AvgIpc) is 2.67. The van der Waals surface area contributed by atoms with E-state index in [0.717, 1.165) is 21.3 Å². The molecular weight excluding hydrogens is 461 g/mol. The second kappa shape index (κ2) is 9.31. The molecule has 2 aromatic rings. The van der Waals surface area contributed by atoms with Gasteiger partial charge in [-0.3, -0.25) is 18.7 Å². The van der Waals surface area contributed by atoms with Crippen LogP contribution in [0.25, 0.3) is 0 Å². The largest absolute Gasteiger partial charge is 0.458 e. The van der Waals surface area contributed by atoms with E-state index < -0.39 is 46.0 Å². The number of aromatic nitrogens is 2. The van der Waals surface area contributed by atoms with E-state index in [2.05, 4.69) is 0 Å². The summed E-state index contributed by atoms with van der Waals surface area (Å²) in [6.07, 6.45) is -1.46. The molecule has 0 spiro atoms. The molecule has 30 heavy (non-hydrogen) atoms. The van der Waals surface area contributed by atoms with Gasteiger partial charge in [0.1, 0.15) is 12.6 Å². The third-order valence-electron chi connectivity index (χ3n) is 4.21. The van der Waals surface area contributed by atoms with Gasteiger partial charge in [0.05, 0.1) is 26.7 Å². The number of hydrogen-bond acceptors (Lipinski definition) is 7. The van der Waals surface area contributed by atoms with E-state index in [1.54, 1.807) is 0 Å². The molecule has 1 heterocycles. The first kappa shape index (κ1) is 24.1. The quantitative estimate of drug-likeness (QED) is 0.539. The lowest BCUT2D eigenvalue weighted by atomic mass is 10.2. The smallest absolute Gasteiger partial charge is 0.330 e. The molecule has 0 radical (unpaired) electrons. The molecule has 0 fully saturated rings. The van der Waals surface area contributed by atoms with Crippen molar-refractivity contribution in [2.24, 2.45) is 14.1 Å². The number of sulfonamides is 1. The number of benzene rings is 1. The van der Waals surface area contributed by atoms with E-state index in [1.807, 2.05) is 4.72 Å². The third-order valence-corrected chi connectivity index (χ3v) is 6.39. The summed E-state index contributed by atoms with van der Waals surface area (Å²) in [5.74, 6) is -1.11. The van der Waals surface area contributed by atoms with Crippen LogP contribution in [0.3, 0.4) is 0 Å². The highest BCUT2D eigenvalue weighted by molar-refractivity contribution is 7.89. The summed E-state index contributed by atoms with van der Waals surface area (Å²) in [6.45, 7) is 0.704. The number of esters is 1. The minimum atomic E-state index is -4.26. The van der Waals surface area contributed by atoms with Crippen LogP contribution < -0.4 is 16.0 Å². The lowest BCUT2D eigenvalue weighted by Crippen LogP contribution is -2.48. The normalized spacial score (nSPS) is 13.7. The molecule has 10 nitrogen and oxygen atoms in total. The van der Waals surface area contributed by atoms with E-state index in [-0.39, 0.29) is 20.6 Å². The van der Waals surface area contributed by atoms with Crippen molar-refractivity contribution >= 4 is 39.2 Å². The number of aliphatic hydroxyl groups is 1. The Morgan fingerprint density at radius 2 is 1.80 bits per heavy atom. The van der Waals surface area contributed by atoms with Crippen LogP contribution in [0, 0.1) is 0 Å². The minimum absolute atomic E-state index is 0.0118. The average molecular weight is 480 g/mol. The lowest BCUT2D eigenvalue weighted by molar-refractivity contribution is -0.149. The Morgan fingerprint density at radius 1 is 1.17 bits per heavy atom. The summed E-state index contributed by atoms with van der Waals surface area (Å²) < 4.78 is 34.1. The number of nitrogens with zero attached hydrogens (tertiary/aromatic N) is 2. The molecule has 0 aliphatic heterocycles. The van der Waals surface area contributed by atoms with Crippen molar-refractivity contribution in [2.75, 3.05) is 0 Å². The van der Waals surface area contributed by atoms with Gasteiger partial charge in [-0.1, -0.05) is 23.2 Å². The summed E-state index contributed by atoms with van der Waals surface area (Å²) in [5.41, 5.74) is -1.13. The van der Waals surface area contributed by atoms with Gasteiger partial charge in [-0.05, 0) is 25.1 Å². The fourth-order valence-electron chi connectivity index (χ4n) is 2.37. The van der Waals surface area contributed by atoms with Gasteiger partial charge in [0.25, 0.3) is 5.56 Å². The standard InChI is InChI=1S/C17H19Cl2N3O7S/c1-9(23)15(20-30(27,28)11-4-5-12(18)13(19)7-11)16(25)29-8-10-6-14(24)22(3)17(26)21(10)2/h4-7,9,15,20,23H,8H2,1-3H3. The number of hydrogen-bond donors (Lipinski definition) is 2. The maximum atomic E-state index is 12.5. The first-order valence-corrected chi connectivity index (χ1v) is 10.7. The second-order valence-corrected chi connectivity index (χ2v) is 8.93. The molecule has 0 bridgehead atoms.